The van der Waals surface area contributed by atoms with Crippen molar-refractivity contribution in [3.8, 4) is 0 Å². The summed E-state index contributed by atoms with van der Waals surface area (Å²) in [6.45, 7) is 0. The van der Waals surface area contributed by atoms with E-state index in [4.69, 9.17) is 5.73 Å². The zero-order valence-corrected chi connectivity index (χ0v) is 9.02. The minimum absolute atomic E-state index is 0.273. The zero-order chi connectivity index (χ0) is 10.3. The number of benzene rings is 1. The van der Waals surface area contributed by atoms with Gasteiger partial charge in [-0.15, -0.1) is 0 Å². The first-order chi connectivity index (χ1) is 6.47. The highest BCUT2D eigenvalue weighted by molar-refractivity contribution is 7.90. The van der Waals surface area contributed by atoms with E-state index in [0.29, 0.717) is 10.6 Å². The highest BCUT2D eigenvalue weighted by atomic mass is 32.2. The second kappa shape index (κ2) is 2.93. The normalized spacial score (nSPS) is 12.1. The van der Waals surface area contributed by atoms with E-state index in [-0.39, 0.29) is 4.90 Å². The molecule has 0 bridgehead atoms. The summed E-state index contributed by atoms with van der Waals surface area (Å²) < 4.78 is 23.4. The fourth-order valence-corrected chi connectivity index (χ4v) is 2.51. The Balaban J connectivity index is 2.74. The van der Waals surface area contributed by atoms with E-state index in [9.17, 15) is 8.42 Å². The molecule has 4 nitrogen and oxygen atoms in total. The van der Waals surface area contributed by atoms with Crippen LogP contribution in [0.15, 0.2) is 23.1 Å². The van der Waals surface area contributed by atoms with Gasteiger partial charge in [0, 0.05) is 6.26 Å². The van der Waals surface area contributed by atoms with Gasteiger partial charge in [-0.1, -0.05) is 11.3 Å². The molecular formula is C8H8N2O2S2. The average Bonchev–Trinajstić information content (AvgIpc) is 2.41. The first-order valence-electron chi connectivity index (χ1n) is 3.83. The van der Waals surface area contributed by atoms with E-state index in [1.807, 2.05) is 0 Å². The Bertz CT molecular complexity index is 586. The number of sulfone groups is 1. The minimum atomic E-state index is -3.16. The Morgan fingerprint density at radius 2 is 2.14 bits per heavy atom. The molecule has 0 radical (unpaired) electrons. The predicted octanol–water partition coefficient (Wildman–Crippen LogP) is 1.28. The van der Waals surface area contributed by atoms with Gasteiger partial charge in [-0.3, -0.25) is 0 Å². The Hall–Kier alpha value is -1.14. The Morgan fingerprint density at radius 3 is 2.79 bits per heavy atom. The zero-order valence-electron chi connectivity index (χ0n) is 7.39. The van der Waals surface area contributed by atoms with Crippen molar-refractivity contribution in [1.82, 2.24) is 4.98 Å². The van der Waals surface area contributed by atoms with Crippen molar-refractivity contribution in [2.45, 2.75) is 4.90 Å². The molecule has 0 amide bonds. The molecule has 74 valence electrons. The third-order valence-corrected chi connectivity index (χ3v) is 3.78. The molecule has 0 aliphatic carbocycles. The van der Waals surface area contributed by atoms with Crippen LogP contribution in [0.1, 0.15) is 0 Å². The van der Waals surface area contributed by atoms with Crippen LogP contribution in [0.4, 0.5) is 5.13 Å². The molecule has 2 aromatic rings. The van der Waals surface area contributed by atoms with Crippen LogP contribution in [0.5, 0.6) is 0 Å². The summed E-state index contributed by atoms with van der Waals surface area (Å²) in [5.74, 6) is 0. The smallest absolute Gasteiger partial charge is 0.181 e. The molecule has 6 heteroatoms. The molecule has 14 heavy (non-hydrogen) atoms. The van der Waals surface area contributed by atoms with Crippen LogP contribution in [-0.4, -0.2) is 19.7 Å². The van der Waals surface area contributed by atoms with Crippen LogP contribution >= 0.6 is 11.3 Å². The van der Waals surface area contributed by atoms with Gasteiger partial charge in [-0.05, 0) is 18.2 Å². The highest BCUT2D eigenvalue weighted by Gasteiger charge is 2.09. The van der Waals surface area contributed by atoms with Crippen LogP contribution in [-0.2, 0) is 9.84 Å². The van der Waals surface area contributed by atoms with Crippen molar-refractivity contribution >= 4 is 36.5 Å². The number of hydrogen-bond acceptors (Lipinski definition) is 5. The fraction of sp³-hybridized carbons (Fsp3) is 0.125. The molecule has 2 rings (SSSR count). The summed E-state index contributed by atoms with van der Waals surface area (Å²) in [5.41, 5.74) is 6.14. The molecule has 0 atom stereocenters. The third kappa shape index (κ3) is 1.58. The number of thiazole rings is 1. The molecule has 0 fully saturated rings. The molecule has 0 saturated heterocycles. The number of nitrogen functional groups attached to an aromatic ring is 1. The van der Waals surface area contributed by atoms with Crippen molar-refractivity contribution in [1.29, 1.82) is 0 Å². The lowest BCUT2D eigenvalue weighted by molar-refractivity contribution is 0.602. The number of fused-ring (bicyclic) bond motifs is 1. The van der Waals surface area contributed by atoms with Crippen LogP contribution in [0.3, 0.4) is 0 Å². The fourth-order valence-electron chi connectivity index (χ4n) is 1.16. The van der Waals surface area contributed by atoms with Gasteiger partial charge in [0.15, 0.2) is 15.0 Å². The average molecular weight is 228 g/mol. The minimum Gasteiger partial charge on any atom is -0.375 e. The van der Waals surface area contributed by atoms with Gasteiger partial charge in [0.2, 0.25) is 0 Å². The molecule has 0 aliphatic heterocycles. The van der Waals surface area contributed by atoms with Crippen molar-refractivity contribution in [2.75, 3.05) is 12.0 Å². The van der Waals surface area contributed by atoms with Crippen molar-refractivity contribution in [3.05, 3.63) is 18.2 Å². The van der Waals surface area contributed by atoms with E-state index in [0.717, 1.165) is 4.70 Å². The van der Waals surface area contributed by atoms with E-state index in [1.54, 1.807) is 12.1 Å². The SMILES string of the molecule is CS(=O)(=O)c1ccc2sc(N)nc2c1. The maximum atomic E-state index is 11.2. The molecule has 0 aliphatic rings. The molecule has 0 saturated carbocycles. The van der Waals surface area contributed by atoms with E-state index in [2.05, 4.69) is 4.98 Å². The van der Waals surface area contributed by atoms with Gasteiger partial charge >= 0.3 is 0 Å². The largest absolute Gasteiger partial charge is 0.375 e. The molecule has 2 N–H and O–H groups in total. The van der Waals surface area contributed by atoms with Crippen molar-refractivity contribution < 1.29 is 8.42 Å². The number of aromatic nitrogens is 1. The van der Waals surface area contributed by atoms with E-state index < -0.39 is 9.84 Å². The van der Waals surface area contributed by atoms with Crippen molar-refractivity contribution in [2.24, 2.45) is 0 Å². The van der Waals surface area contributed by atoms with E-state index in [1.165, 1.54) is 23.7 Å². The molecule has 1 heterocycles. The number of anilines is 1. The summed E-state index contributed by atoms with van der Waals surface area (Å²) in [7, 11) is -3.16. The second-order valence-electron chi connectivity index (χ2n) is 2.95. The summed E-state index contributed by atoms with van der Waals surface area (Å²) in [6.07, 6.45) is 1.17. The van der Waals surface area contributed by atoms with Crippen LogP contribution in [0, 0.1) is 0 Å². The van der Waals surface area contributed by atoms with Gasteiger partial charge in [0.1, 0.15) is 0 Å². The van der Waals surface area contributed by atoms with Gasteiger partial charge in [0.25, 0.3) is 0 Å². The summed E-state index contributed by atoms with van der Waals surface area (Å²) in [4.78, 5) is 4.29. The monoisotopic (exact) mass is 228 g/mol. The second-order valence-corrected chi connectivity index (χ2v) is 6.03. The third-order valence-electron chi connectivity index (χ3n) is 1.80. The quantitative estimate of drug-likeness (QED) is 0.798. The summed E-state index contributed by atoms with van der Waals surface area (Å²) in [5, 5.41) is 0.450. The maximum absolute atomic E-state index is 11.2. The first kappa shape index (κ1) is 9.42. The van der Waals surface area contributed by atoms with Gasteiger partial charge in [-0.2, -0.15) is 0 Å². The highest BCUT2D eigenvalue weighted by Crippen LogP contribution is 2.25. The lowest BCUT2D eigenvalue weighted by atomic mass is 10.3. The topological polar surface area (TPSA) is 73.0 Å². The number of hydrogen-bond donors (Lipinski definition) is 1. The number of nitrogens with two attached hydrogens (primary N) is 1. The predicted molar refractivity (Wildman–Crippen MR) is 57.1 cm³/mol. The molecular weight excluding hydrogens is 220 g/mol. The Labute approximate surface area is 85.3 Å². The first-order valence-corrected chi connectivity index (χ1v) is 6.54. The van der Waals surface area contributed by atoms with Gasteiger partial charge in [0.05, 0.1) is 15.1 Å². The van der Waals surface area contributed by atoms with Crippen molar-refractivity contribution in [3.63, 3.8) is 0 Å². The molecule has 1 aromatic heterocycles. The standard InChI is InChI=1S/C8H8N2O2S2/c1-14(11,12)5-2-3-7-6(4-5)10-8(9)13-7/h2-4H,1H3,(H2,9,10). The summed E-state index contributed by atoms with van der Waals surface area (Å²) in [6, 6.07) is 4.83. The molecule has 0 spiro atoms. The van der Waals surface area contributed by atoms with E-state index >= 15 is 0 Å². The number of nitrogens with zero attached hydrogens (tertiary/aromatic N) is 1. The maximum Gasteiger partial charge on any atom is 0.181 e. The number of rotatable bonds is 1. The Morgan fingerprint density at radius 1 is 1.43 bits per heavy atom. The van der Waals surface area contributed by atoms with Gasteiger partial charge in [-0.25, -0.2) is 13.4 Å². The lowest BCUT2D eigenvalue weighted by Crippen LogP contribution is -1.96. The Kier molecular flexibility index (Phi) is 1.97. The molecule has 1 aromatic carbocycles. The lowest BCUT2D eigenvalue weighted by Gasteiger charge is -1.96. The molecule has 0 unspecified atom stereocenters. The van der Waals surface area contributed by atoms with Crippen LogP contribution < -0.4 is 5.73 Å². The van der Waals surface area contributed by atoms with Crippen LogP contribution in [0.25, 0.3) is 10.2 Å². The van der Waals surface area contributed by atoms with Crippen LogP contribution in [0.2, 0.25) is 0 Å². The van der Waals surface area contributed by atoms with Gasteiger partial charge < -0.3 is 5.73 Å². The summed E-state index contributed by atoms with van der Waals surface area (Å²) >= 11 is 1.34.